The molecule has 0 fully saturated rings. The fourth-order valence-electron chi connectivity index (χ4n) is 2.22. The van der Waals surface area contributed by atoms with Crippen LogP contribution in [0, 0.1) is 11.3 Å². The fraction of sp³-hybridized carbons (Fsp3) is 0.105. The topological polar surface area (TPSA) is 65.8 Å². The average molecular weight is 333 g/mol. The zero-order chi connectivity index (χ0) is 16.9. The van der Waals surface area contributed by atoms with E-state index in [2.05, 4.69) is 16.4 Å². The number of nitriles is 1. The maximum atomic E-state index is 12.3. The molecule has 1 aromatic heterocycles. The van der Waals surface area contributed by atoms with Crippen LogP contribution in [0.1, 0.15) is 12.5 Å². The third-order valence-corrected chi connectivity index (χ3v) is 4.56. The molecular formula is C19H15N3OS. The number of fused-ring (bicyclic) bond motifs is 1. The van der Waals surface area contributed by atoms with Crippen molar-refractivity contribution in [3.63, 3.8) is 0 Å². The second-order valence-corrected chi connectivity index (χ2v) is 6.64. The van der Waals surface area contributed by atoms with Crippen LogP contribution in [0.25, 0.3) is 10.9 Å². The van der Waals surface area contributed by atoms with Gasteiger partial charge < -0.3 is 5.32 Å². The van der Waals surface area contributed by atoms with E-state index in [0.29, 0.717) is 11.3 Å². The molecule has 1 heterocycles. The average Bonchev–Trinajstić information content (AvgIpc) is 2.62. The van der Waals surface area contributed by atoms with Gasteiger partial charge in [-0.1, -0.05) is 36.0 Å². The molecule has 0 aliphatic rings. The Balaban J connectivity index is 1.67. The maximum absolute atomic E-state index is 12.3. The van der Waals surface area contributed by atoms with Crippen LogP contribution >= 0.6 is 11.8 Å². The van der Waals surface area contributed by atoms with Crippen LogP contribution in [0.3, 0.4) is 0 Å². The predicted molar refractivity (Wildman–Crippen MR) is 96.8 cm³/mol. The van der Waals surface area contributed by atoms with Gasteiger partial charge >= 0.3 is 0 Å². The Morgan fingerprint density at radius 3 is 2.62 bits per heavy atom. The zero-order valence-electron chi connectivity index (χ0n) is 13.1. The van der Waals surface area contributed by atoms with Gasteiger partial charge in [-0.3, -0.25) is 4.79 Å². The number of anilines is 1. The SMILES string of the molecule is C[C@@H](Sc1ccc2ccccc2n1)C(=O)Nc1ccc(C#N)cc1. The van der Waals surface area contributed by atoms with Crippen molar-refractivity contribution in [2.45, 2.75) is 17.2 Å². The standard InChI is InChI=1S/C19H15N3OS/c1-13(19(23)21-16-9-6-14(12-20)7-10-16)24-18-11-8-15-4-2-3-5-17(15)22-18/h2-11,13H,1H3,(H,21,23)/t13-/m1/s1. The second-order valence-electron chi connectivity index (χ2n) is 5.28. The highest BCUT2D eigenvalue weighted by Gasteiger charge is 2.15. The van der Waals surface area contributed by atoms with Crippen molar-refractivity contribution in [3.05, 3.63) is 66.2 Å². The Morgan fingerprint density at radius 2 is 1.88 bits per heavy atom. The molecule has 0 saturated heterocycles. The predicted octanol–water partition coefficient (Wildman–Crippen LogP) is 4.23. The van der Waals surface area contributed by atoms with Crippen molar-refractivity contribution < 1.29 is 4.79 Å². The summed E-state index contributed by atoms with van der Waals surface area (Å²) in [5.74, 6) is -0.0975. The van der Waals surface area contributed by atoms with E-state index < -0.39 is 0 Å². The number of carbonyl (C=O) groups excluding carboxylic acids is 1. The molecule has 3 rings (SSSR count). The molecule has 1 N–H and O–H groups in total. The summed E-state index contributed by atoms with van der Waals surface area (Å²) in [6.07, 6.45) is 0. The number of benzene rings is 2. The zero-order valence-corrected chi connectivity index (χ0v) is 13.9. The number of hydrogen-bond donors (Lipinski definition) is 1. The van der Waals surface area contributed by atoms with Gasteiger partial charge in [0.25, 0.3) is 0 Å². The van der Waals surface area contributed by atoms with E-state index >= 15 is 0 Å². The van der Waals surface area contributed by atoms with Gasteiger partial charge in [-0.05, 0) is 43.3 Å². The number of para-hydroxylation sites is 1. The van der Waals surface area contributed by atoms with Gasteiger partial charge in [0, 0.05) is 11.1 Å². The van der Waals surface area contributed by atoms with E-state index in [1.54, 1.807) is 24.3 Å². The minimum atomic E-state index is -0.283. The number of aromatic nitrogens is 1. The molecule has 0 unspecified atom stereocenters. The van der Waals surface area contributed by atoms with Crippen molar-refractivity contribution in [2.24, 2.45) is 0 Å². The number of nitrogens with one attached hydrogen (secondary N) is 1. The minimum Gasteiger partial charge on any atom is -0.325 e. The second kappa shape index (κ2) is 7.16. The highest BCUT2D eigenvalue weighted by atomic mass is 32.2. The number of carbonyl (C=O) groups is 1. The molecule has 1 atom stereocenters. The number of rotatable bonds is 4. The summed E-state index contributed by atoms with van der Waals surface area (Å²) in [6.45, 7) is 1.85. The molecule has 118 valence electrons. The van der Waals surface area contributed by atoms with E-state index in [4.69, 9.17) is 5.26 Å². The molecule has 3 aromatic rings. The fourth-order valence-corrected chi connectivity index (χ4v) is 3.05. The molecule has 0 saturated carbocycles. The Morgan fingerprint density at radius 1 is 1.12 bits per heavy atom. The number of thioether (sulfide) groups is 1. The number of pyridine rings is 1. The summed E-state index contributed by atoms with van der Waals surface area (Å²) in [5.41, 5.74) is 2.16. The lowest BCUT2D eigenvalue weighted by molar-refractivity contribution is -0.115. The van der Waals surface area contributed by atoms with Crippen LogP contribution in [0.5, 0.6) is 0 Å². The first kappa shape index (κ1) is 16.0. The lowest BCUT2D eigenvalue weighted by Crippen LogP contribution is -2.22. The Kier molecular flexibility index (Phi) is 4.78. The molecule has 5 heteroatoms. The Labute approximate surface area is 144 Å². The van der Waals surface area contributed by atoms with E-state index in [1.807, 2.05) is 43.3 Å². The van der Waals surface area contributed by atoms with Gasteiger partial charge in [-0.25, -0.2) is 4.98 Å². The summed E-state index contributed by atoms with van der Waals surface area (Å²) >= 11 is 1.42. The largest absolute Gasteiger partial charge is 0.325 e. The molecular weight excluding hydrogens is 318 g/mol. The van der Waals surface area contributed by atoms with Crippen LogP contribution in [-0.2, 0) is 4.79 Å². The van der Waals surface area contributed by atoms with Crippen molar-refractivity contribution in [1.82, 2.24) is 4.98 Å². The van der Waals surface area contributed by atoms with Crippen molar-refractivity contribution >= 4 is 34.3 Å². The third-order valence-electron chi connectivity index (χ3n) is 3.52. The van der Waals surface area contributed by atoms with Crippen molar-refractivity contribution in [2.75, 3.05) is 5.32 Å². The molecule has 0 bridgehead atoms. The minimum absolute atomic E-state index is 0.0975. The number of hydrogen-bond acceptors (Lipinski definition) is 4. The van der Waals surface area contributed by atoms with E-state index in [1.165, 1.54) is 11.8 Å². The summed E-state index contributed by atoms with van der Waals surface area (Å²) in [5, 5.41) is 13.3. The van der Waals surface area contributed by atoms with Gasteiger partial charge in [0.05, 0.1) is 27.4 Å². The molecule has 2 aromatic carbocycles. The number of amides is 1. The lowest BCUT2D eigenvalue weighted by Gasteiger charge is -2.12. The maximum Gasteiger partial charge on any atom is 0.237 e. The summed E-state index contributed by atoms with van der Waals surface area (Å²) in [7, 11) is 0. The van der Waals surface area contributed by atoms with E-state index in [9.17, 15) is 4.79 Å². The monoisotopic (exact) mass is 333 g/mol. The lowest BCUT2D eigenvalue weighted by atomic mass is 10.2. The van der Waals surface area contributed by atoms with Gasteiger partial charge in [0.1, 0.15) is 0 Å². The van der Waals surface area contributed by atoms with Crippen molar-refractivity contribution in [3.8, 4) is 6.07 Å². The van der Waals surface area contributed by atoms with Crippen LogP contribution in [0.2, 0.25) is 0 Å². The molecule has 1 amide bonds. The summed E-state index contributed by atoms with van der Waals surface area (Å²) in [4.78, 5) is 16.9. The Bertz CT molecular complexity index is 916. The first-order valence-corrected chi connectivity index (χ1v) is 8.37. The third kappa shape index (κ3) is 3.73. The van der Waals surface area contributed by atoms with Crippen LogP contribution in [0.4, 0.5) is 5.69 Å². The first-order chi connectivity index (χ1) is 11.7. The molecule has 0 radical (unpaired) electrons. The van der Waals surface area contributed by atoms with Crippen LogP contribution in [-0.4, -0.2) is 16.1 Å². The Hall–Kier alpha value is -2.84. The molecule has 0 aliphatic carbocycles. The smallest absolute Gasteiger partial charge is 0.237 e. The molecule has 4 nitrogen and oxygen atoms in total. The van der Waals surface area contributed by atoms with Gasteiger partial charge in [-0.2, -0.15) is 5.26 Å². The highest BCUT2D eigenvalue weighted by Crippen LogP contribution is 2.24. The summed E-state index contributed by atoms with van der Waals surface area (Å²) < 4.78 is 0. The molecule has 24 heavy (non-hydrogen) atoms. The first-order valence-electron chi connectivity index (χ1n) is 7.49. The molecule has 0 spiro atoms. The van der Waals surface area contributed by atoms with Gasteiger partial charge in [-0.15, -0.1) is 0 Å². The number of nitrogens with zero attached hydrogens (tertiary/aromatic N) is 2. The van der Waals surface area contributed by atoms with Crippen LogP contribution < -0.4 is 5.32 Å². The highest BCUT2D eigenvalue weighted by molar-refractivity contribution is 8.00. The van der Waals surface area contributed by atoms with Crippen molar-refractivity contribution in [1.29, 1.82) is 5.26 Å². The summed E-state index contributed by atoms with van der Waals surface area (Å²) in [6, 6.07) is 20.7. The van der Waals surface area contributed by atoms with Crippen LogP contribution in [0.15, 0.2) is 65.7 Å². The van der Waals surface area contributed by atoms with Gasteiger partial charge in [0.15, 0.2) is 0 Å². The normalized spacial score (nSPS) is 11.7. The quantitative estimate of drug-likeness (QED) is 0.726. The van der Waals surface area contributed by atoms with Gasteiger partial charge in [0.2, 0.25) is 5.91 Å². The molecule has 0 aliphatic heterocycles. The van der Waals surface area contributed by atoms with E-state index in [0.717, 1.165) is 15.9 Å². The van der Waals surface area contributed by atoms with E-state index in [-0.39, 0.29) is 11.2 Å².